The van der Waals surface area contributed by atoms with Crippen LogP contribution in [0.2, 0.25) is 0 Å². The first-order valence-electron chi connectivity index (χ1n) is 10.1. The molecule has 0 aliphatic rings. The largest absolute Gasteiger partial charge is 0.462 e. The Kier molecular flexibility index (Phi) is 7.00. The molecule has 1 N–H and O–H groups in total. The van der Waals surface area contributed by atoms with Crippen LogP contribution in [0.5, 0.6) is 0 Å². The fourth-order valence-corrected chi connectivity index (χ4v) is 4.43. The van der Waals surface area contributed by atoms with E-state index in [1.807, 2.05) is 61.0 Å². The molecule has 0 fully saturated rings. The Labute approximate surface area is 181 Å². The van der Waals surface area contributed by atoms with Gasteiger partial charge in [-0.2, -0.15) is 4.57 Å². The lowest BCUT2D eigenvalue weighted by Gasteiger charge is -2.09. The predicted octanol–water partition coefficient (Wildman–Crippen LogP) is 4.70. The molecule has 0 saturated heterocycles. The fraction of sp³-hybridized carbons (Fsp3) is 0.292. The Bertz CT molecular complexity index is 1060. The van der Waals surface area contributed by atoms with E-state index < -0.39 is 5.97 Å². The summed E-state index contributed by atoms with van der Waals surface area (Å²) in [6.07, 6.45) is 2.90. The number of anilines is 1. The van der Waals surface area contributed by atoms with E-state index in [0.29, 0.717) is 10.6 Å². The van der Waals surface area contributed by atoms with E-state index in [0.717, 1.165) is 28.1 Å². The van der Waals surface area contributed by atoms with Crippen molar-refractivity contribution in [2.75, 3.05) is 11.9 Å². The van der Waals surface area contributed by atoms with Crippen LogP contribution in [-0.4, -0.2) is 18.5 Å². The molecule has 0 saturated carbocycles. The third-order valence-electron chi connectivity index (χ3n) is 4.91. The van der Waals surface area contributed by atoms with Crippen LogP contribution in [0, 0.1) is 13.8 Å². The highest BCUT2D eigenvalue weighted by atomic mass is 32.1. The highest BCUT2D eigenvalue weighted by Gasteiger charge is 2.26. The summed E-state index contributed by atoms with van der Waals surface area (Å²) in [4.78, 5) is 26.6. The molecular formula is C24H27N2O3S+. The SMILES string of the molecule is CCOC(=O)c1c(NC(=O)C[n+]2cc(CC)ccc2C)sc(C)c1-c1ccccc1. The zero-order valence-electron chi connectivity index (χ0n) is 17.8. The van der Waals surface area contributed by atoms with Crippen LogP contribution in [0.3, 0.4) is 0 Å². The molecular weight excluding hydrogens is 396 g/mol. The highest BCUT2D eigenvalue weighted by Crippen LogP contribution is 2.40. The van der Waals surface area contributed by atoms with Crippen molar-refractivity contribution in [1.29, 1.82) is 0 Å². The zero-order chi connectivity index (χ0) is 21.7. The number of rotatable bonds is 7. The summed E-state index contributed by atoms with van der Waals surface area (Å²) in [7, 11) is 0. The minimum absolute atomic E-state index is 0.178. The molecule has 0 radical (unpaired) electrons. The average Bonchev–Trinajstić information content (AvgIpc) is 3.06. The molecule has 3 rings (SSSR count). The summed E-state index contributed by atoms with van der Waals surface area (Å²) in [5, 5.41) is 3.48. The van der Waals surface area contributed by atoms with Crippen LogP contribution in [-0.2, 0) is 22.5 Å². The van der Waals surface area contributed by atoms with Crippen LogP contribution in [0.15, 0.2) is 48.7 Å². The van der Waals surface area contributed by atoms with Gasteiger partial charge in [0.1, 0.15) is 10.6 Å². The van der Waals surface area contributed by atoms with Gasteiger partial charge in [-0.05, 0) is 31.9 Å². The van der Waals surface area contributed by atoms with Crippen LogP contribution in [0.4, 0.5) is 5.00 Å². The maximum absolute atomic E-state index is 12.8. The van der Waals surface area contributed by atoms with Crippen molar-refractivity contribution >= 4 is 28.2 Å². The summed E-state index contributed by atoms with van der Waals surface area (Å²) in [6.45, 7) is 8.24. The van der Waals surface area contributed by atoms with Gasteiger partial charge in [-0.3, -0.25) is 4.79 Å². The first-order valence-corrected chi connectivity index (χ1v) is 10.9. The molecule has 1 aromatic carbocycles. The van der Waals surface area contributed by atoms with E-state index in [9.17, 15) is 9.59 Å². The van der Waals surface area contributed by atoms with E-state index in [4.69, 9.17) is 4.74 Å². The minimum Gasteiger partial charge on any atom is -0.462 e. The molecule has 0 unspecified atom stereocenters. The van der Waals surface area contributed by atoms with Crippen LogP contribution in [0.25, 0.3) is 11.1 Å². The molecule has 3 aromatic rings. The van der Waals surface area contributed by atoms with Gasteiger partial charge in [-0.25, -0.2) is 4.79 Å². The Balaban J connectivity index is 1.94. The van der Waals surface area contributed by atoms with Crippen molar-refractivity contribution in [3.8, 4) is 11.1 Å². The third-order valence-corrected chi connectivity index (χ3v) is 5.94. The number of hydrogen-bond donors (Lipinski definition) is 1. The molecule has 2 aromatic heterocycles. The molecule has 0 aliphatic heterocycles. The maximum atomic E-state index is 12.8. The number of carbonyl (C=O) groups excluding carboxylic acids is 2. The normalized spacial score (nSPS) is 10.7. The predicted molar refractivity (Wildman–Crippen MR) is 120 cm³/mol. The van der Waals surface area contributed by atoms with E-state index in [-0.39, 0.29) is 19.1 Å². The van der Waals surface area contributed by atoms with Gasteiger partial charge in [0.25, 0.3) is 5.91 Å². The fourth-order valence-electron chi connectivity index (χ4n) is 3.35. The number of hydrogen-bond acceptors (Lipinski definition) is 4. The van der Waals surface area contributed by atoms with E-state index in [2.05, 4.69) is 18.3 Å². The lowest BCUT2D eigenvalue weighted by molar-refractivity contribution is -0.690. The third kappa shape index (κ3) is 4.76. The number of ether oxygens (including phenoxy) is 1. The number of esters is 1. The number of nitrogens with one attached hydrogen (secondary N) is 1. The number of aryl methyl sites for hydroxylation is 3. The molecule has 0 atom stereocenters. The van der Waals surface area contributed by atoms with Crippen LogP contribution >= 0.6 is 11.3 Å². The second kappa shape index (κ2) is 9.67. The second-order valence-corrected chi connectivity index (χ2v) is 8.26. The molecule has 6 heteroatoms. The standard InChI is InChI=1S/C24H26N2O3S/c1-5-18-13-12-16(3)26(14-18)15-20(27)25-23-22(24(28)29-6-2)21(17(4)30-23)19-10-8-7-9-11-19/h7-14H,5-6,15H2,1-4H3/p+1. The molecule has 2 heterocycles. The summed E-state index contributed by atoms with van der Waals surface area (Å²) in [6, 6.07) is 13.8. The average molecular weight is 424 g/mol. The van der Waals surface area contributed by atoms with E-state index >= 15 is 0 Å². The number of thiophene rings is 1. The Morgan fingerprint density at radius 3 is 2.47 bits per heavy atom. The number of amides is 1. The van der Waals surface area contributed by atoms with Gasteiger partial charge in [0, 0.05) is 29.0 Å². The van der Waals surface area contributed by atoms with Crippen molar-refractivity contribution in [3.63, 3.8) is 0 Å². The molecule has 0 bridgehead atoms. The van der Waals surface area contributed by atoms with Crippen molar-refractivity contribution in [3.05, 3.63) is 70.4 Å². The van der Waals surface area contributed by atoms with E-state index in [1.54, 1.807) is 6.92 Å². The summed E-state index contributed by atoms with van der Waals surface area (Å²) < 4.78 is 7.23. The zero-order valence-corrected chi connectivity index (χ0v) is 18.6. The molecule has 5 nitrogen and oxygen atoms in total. The quantitative estimate of drug-likeness (QED) is 0.443. The lowest BCUT2D eigenvalue weighted by atomic mass is 10.0. The smallest absolute Gasteiger partial charge is 0.341 e. The first kappa shape index (κ1) is 21.7. The number of carbonyl (C=O) groups is 2. The number of benzene rings is 1. The van der Waals surface area contributed by atoms with Gasteiger partial charge in [0.15, 0.2) is 11.9 Å². The van der Waals surface area contributed by atoms with Crippen molar-refractivity contribution in [2.24, 2.45) is 0 Å². The van der Waals surface area contributed by atoms with Crippen molar-refractivity contribution < 1.29 is 18.9 Å². The number of pyridine rings is 1. The molecule has 1 amide bonds. The summed E-state index contributed by atoms with van der Waals surface area (Å²) in [5.41, 5.74) is 4.32. The van der Waals surface area contributed by atoms with Gasteiger partial charge in [0.2, 0.25) is 6.54 Å². The minimum atomic E-state index is -0.423. The van der Waals surface area contributed by atoms with Crippen molar-refractivity contribution in [1.82, 2.24) is 0 Å². The van der Waals surface area contributed by atoms with Crippen LogP contribution < -0.4 is 9.88 Å². The lowest BCUT2D eigenvalue weighted by Crippen LogP contribution is -2.43. The van der Waals surface area contributed by atoms with Gasteiger partial charge >= 0.3 is 5.97 Å². The van der Waals surface area contributed by atoms with Gasteiger partial charge in [-0.15, -0.1) is 11.3 Å². The number of nitrogens with zero attached hydrogens (tertiary/aromatic N) is 1. The topological polar surface area (TPSA) is 59.3 Å². The van der Waals surface area contributed by atoms with Gasteiger partial charge in [-0.1, -0.05) is 37.3 Å². The Morgan fingerprint density at radius 2 is 1.80 bits per heavy atom. The first-order chi connectivity index (χ1) is 14.4. The second-order valence-electron chi connectivity index (χ2n) is 7.03. The molecule has 0 spiro atoms. The van der Waals surface area contributed by atoms with Gasteiger partial charge in [0.05, 0.1) is 6.61 Å². The Hall–Kier alpha value is -2.99. The highest BCUT2D eigenvalue weighted by molar-refractivity contribution is 7.17. The number of aromatic nitrogens is 1. The van der Waals surface area contributed by atoms with Crippen LogP contribution in [0.1, 0.15) is 40.3 Å². The van der Waals surface area contributed by atoms with Crippen molar-refractivity contribution in [2.45, 2.75) is 40.7 Å². The Morgan fingerprint density at radius 1 is 1.07 bits per heavy atom. The molecule has 0 aliphatic carbocycles. The summed E-state index contributed by atoms with van der Waals surface area (Å²) in [5.74, 6) is -0.601. The molecule has 30 heavy (non-hydrogen) atoms. The molecule has 156 valence electrons. The monoisotopic (exact) mass is 423 g/mol. The summed E-state index contributed by atoms with van der Waals surface area (Å²) >= 11 is 1.40. The van der Waals surface area contributed by atoms with Gasteiger partial charge < -0.3 is 10.1 Å². The van der Waals surface area contributed by atoms with E-state index in [1.165, 1.54) is 16.9 Å². The maximum Gasteiger partial charge on any atom is 0.341 e.